The maximum Gasteiger partial charge on any atom is 0.311 e. The SMILES string of the molecule is N#Cc1c(NC(=O)Cc2ccc(F)cc2)sc2c1C(C(=O)O)CCC2. The molecule has 0 saturated carbocycles. The van der Waals surface area contributed by atoms with Crippen LogP contribution in [-0.2, 0) is 22.4 Å². The van der Waals surface area contributed by atoms with Crippen molar-refractivity contribution in [3.05, 3.63) is 51.7 Å². The first-order valence-electron chi connectivity index (χ1n) is 7.82. The normalized spacial score (nSPS) is 15.9. The number of anilines is 1. The second-order valence-electron chi connectivity index (χ2n) is 5.89. The van der Waals surface area contributed by atoms with Gasteiger partial charge < -0.3 is 10.4 Å². The average molecular weight is 358 g/mol. The maximum absolute atomic E-state index is 12.9. The van der Waals surface area contributed by atoms with Crippen LogP contribution in [0.4, 0.5) is 9.39 Å². The average Bonchev–Trinajstić information content (AvgIpc) is 2.93. The van der Waals surface area contributed by atoms with Crippen LogP contribution in [0.25, 0.3) is 0 Å². The van der Waals surface area contributed by atoms with Crippen LogP contribution in [0.15, 0.2) is 24.3 Å². The Morgan fingerprint density at radius 1 is 1.36 bits per heavy atom. The molecule has 128 valence electrons. The molecule has 0 saturated heterocycles. The molecule has 3 rings (SSSR count). The Morgan fingerprint density at radius 3 is 2.72 bits per heavy atom. The van der Waals surface area contributed by atoms with Gasteiger partial charge in [0.2, 0.25) is 5.91 Å². The first kappa shape index (κ1) is 17.1. The van der Waals surface area contributed by atoms with Crippen LogP contribution in [0.3, 0.4) is 0 Å². The molecule has 1 heterocycles. The molecular weight excluding hydrogens is 343 g/mol. The summed E-state index contributed by atoms with van der Waals surface area (Å²) in [6.45, 7) is 0. The molecule has 0 fully saturated rings. The van der Waals surface area contributed by atoms with Crippen LogP contribution in [-0.4, -0.2) is 17.0 Å². The van der Waals surface area contributed by atoms with Gasteiger partial charge in [0.25, 0.3) is 0 Å². The standard InChI is InChI=1S/C18H15FN2O3S/c19-11-6-4-10(5-7-11)8-15(22)21-17-13(9-20)16-12(18(23)24)2-1-3-14(16)25-17/h4-7,12H,1-3,8H2,(H,21,22)(H,23,24). The van der Waals surface area contributed by atoms with Crippen LogP contribution in [0.5, 0.6) is 0 Å². The molecule has 1 unspecified atom stereocenters. The topological polar surface area (TPSA) is 90.2 Å². The Morgan fingerprint density at radius 2 is 2.08 bits per heavy atom. The highest BCUT2D eigenvalue weighted by Gasteiger charge is 2.33. The summed E-state index contributed by atoms with van der Waals surface area (Å²) in [5, 5.41) is 22.0. The smallest absolute Gasteiger partial charge is 0.311 e. The molecule has 2 N–H and O–H groups in total. The van der Waals surface area contributed by atoms with Gasteiger partial charge in [-0.05, 0) is 37.0 Å². The van der Waals surface area contributed by atoms with Crippen molar-refractivity contribution in [1.82, 2.24) is 0 Å². The fourth-order valence-electron chi connectivity index (χ4n) is 3.06. The minimum Gasteiger partial charge on any atom is -0.481 e. The summed E-state index contributed by atoms with van der Waals surface area (Å²) in [5.41, 5.74) is 1.45. The van der Waals surface area contributed by atoms with E-state index in [1.807, 2.05) is 6.07 Å². The number of aliphatic carboxylic acids is 1. The number of fused-ring (bicyclic) bond motifs is 1. The van der Waals surface area contributed by atoms with Crippen molar-refractivity contribution in [2.75, 3.05) is 5.32 Å². The Hall–Kier alpha value is -2.72. The van der Waals surface area contributed by atoms with Crippen LogP contribution >= 0.6 is 11.3 Å². The zero-order valence-corrected chi connectivity index (χ0v) is 14.0. The molecule has 0 bridgehead atoms. The van der Waals surface area contributed by atoms with Crippen molar-refractivity contribution in [2.45, 2.75) is 31.6 Å². The fourth-order valence-corrected chi connectivity index (χ4v) is 4.33. The fraction of sp³-hybridized carbons (Fsp3) is 0.278. The van der Waals surface area contributed by atoms with Crippen molar-refractivity contribution in [3.8, 4) is 6.07 Å². The Bertz CT molecular complexity index is 868. The van der Waals surface area contributed by atoms with Gasteiger partial charge in [0.1, 0.15) is 16.9 Å². The van der Waals surface area contributed by atoms with Crippen molar-refractivity contribution in [1.29, 1.82) is 5.26 Å². The van der Waals surface area contributed by atoms with Crippen molar-refractivity contribution in [2.24, 2.45) is 0 Å². The summed E-state index contributed by atoms with van der Waals surface area (Å²) in [4.78, 5) is 24.6. The van der Waals surface area contributed by atoms with Crippen molar-refractivity contribution < 1.29 is 19.1 Å². The number of nitrogens with zero attached hydrogens (tertiary/aromatic N) is 1. The zero-order valence-electron chi connectivity index (χ0n) is 13.2. The minimum absolute atomic E-state index is 0.0517. The lowest BCUT2D eigenvalue weighted by atomic mass is 9.85. The second-order valence-corrected chi connectivity index (χ2v) is 6.99. The van der Waals surface area contributed by atoms with Gasteiger partial charge in [-0.1, -0.05) is 12.1 Å². The van der Waals surface area contributed by atoms with Gasteiger partial charge in [0, 0.05) is 10.4 Å². The van der Waals surface area contributed by atoms with E-state index in [1.165, 1.54) is 35.6 Å². The van der Waals surface area contributed by atoms with E-state index >= 15 is 0 Å². The summed E-state index contributed by atoms with van der Waals surface area (Å²) < 4.78 is 12.9. The lowest BCUT2D eigenvalue weighted by molar-refractivity contribution is -0.139. The van der Waals surface area contributed by atoms with E-state index in [9.17, 15) is 24.3 Å². The number of nitriles is 1. The summed E-state index contributed by atoms with van der Waals surface area (Å²) in [6, 6.07) is 7.67. The first-order chi connectivity index (χ1) is 12.0. The van der Waals surface area contributed by atoms with Gasteiger partial charge in [0.15, 0.2) is 0 Å². The molecule has 0 radical (unpaired) electrons. The molecule has 2 aromatic rings. The summed E-state index contributed by atoms with van der Waals surface area (Å²) in [5.74, 6) is -2.34. The lowest BCUT2D eigenvalue weighted by Crippen LogP contribution is -2.18. The van der Waals surface area contributed by atoms with E-state index in [0.29, 0.717) is 29.0 Å². The van der Waals surface area contributed by atoms with Gasteiger partial charge in [-0.3, -0.25) is 9.59 Å². The van der Waals surface area contributed by atoms with E-state index in [-0.39, 0.29) is 23.7 Å². The van der Waals surface area contributed by atoms with Gasteiger partial charge in [0.05, 0.1) is 17.9 Å². The molecule has 1 atom stereocenters. The Balaban J connectivity index is 1.83. The molecule has 0 spiro atoms. The Kier molecular flexibility index (Phi) is 4.81. The lowest BCUT2D eigenvalue weighted by Gasteiger charge is -2.18. The summed E-state index contributed by atoms with van der Waals surface area (Å²) in [6.07, 6.45) is 2.01. The van der Waals surface area contributed by atoms with E-state index in [1.54, 1.807) is 0 Å². The number of thiophene rings is 1. The number of aryl methyl sites for hydroxylation is 1. The van der Waals surface area contributed by atoms with Gasteiger partial charge in [-0.2, -0.15) is 5.26 Å². The third kappa shape index (κ3) is 3.54. The van der Waals surface area contributed by atoms with Gasteiger partial charge in [-0.25, -0.2) is 4.39 Å². The number of amides is 1. The van der Waals surface area contributed by atoms with Crippen LogP contribution in [0.2, 0.25) is 0 Å². The number of benzene rings is 1. The van der Waals surface area contributed by atoms with Crippen molar-refractivity contribution in [3.63, 3.8) is 0 Å². The summed E-state index contributed by atoms with van der Waals surface area (Å²) >= 11 is 1.27. The first-order valence-corrected chi connectivity index (χ1v) is 8.64. The molecule has 25 heavy (non-hydrogen) atoms. The largest absolute Gasteiger partial charge is 0.481 e. The molecule has 1 amide bonds. The molecule has 7 heteroatoms. The monoisotopic (exact) mass is 358 g/mol. The molecule has 0 aliphatic heterocycles. The molecule has 1 aliphatic rings. The third-order valence-electron chi connectivity index (χ3n) is 4.21. The Labute approximate surface area is 147 Å². The zero-order chi connectivity index (χ0) is 18.0. The van der Waals surface area contributed by atoms with Crippen LogP contribution in [0.1, 0.15) is 40.3 Å². The molecule has 1 aromatic carbocycles. The molecular formula is C18H15FN2O3S. The number of carbonyl (C=O) groups is 2. The predicted molar refractivity (Wildman–Crippen MR) is 91.1 cm³/mol. The number of hydrogen-bond acceptors (Lipinski definition) is 4. The van der Waals surface area contributed by atoms with E-state index in [2.05, 4.69) is 5.32 Å². The molecule has 1 aromatic heterocycles. The van der Waals surface area contributed by atoms with Crippen LogP contribution < -0.4 is 5.32 Å². The van der Waals surface area contributed by atoms with Gasteiger partial charge in [-0.15, -0.1) is 11.3 Å². The molecule has 5 nitrogen and oxygen atoms in total. The van der Waals surface area contributed by atoms with E-state index in [4.69, 9.17) is 0 Å². The van der Waals surface area contributed by atoms with Crippen molar-refractivity contribution >= 4 is 28.2 Å². The van der Waals surface area contributed by atoms with E-state index in [0.717, 1.165) is 11.3 Å². The quantitative estimate of drug-likeness (QED) is 0.876. The number of carbonyl (C=O) groups excluding carboxylic acids is 1. The van der Waals surface area contributed by atoms with Gasteiger partial charge >= 0.3 is 5.97 Å². The predicted octanol–water partition coefficient (Wildman–Crippen LogP) is 3.44. The van der Waals surface area contributed by atoms with E-state index < -0.39 is 11.9 Å². The highest BCUT2D eigenvalue weighted by atomic mass is 32.1. The highest BCUT2D eigenvalue weighted by Crippen LogP contribution is 2.43. The minimum atomic E-state index is -0.945. The number of halogens is 1. The number of nitrogens with one attached hydrogen (secondary N) is 1. The highest BCUT2D eigenvalue weighted by molar-refractivity contribution is 7.16. The number of carboxylic acids is 1. The summed E-state index contributed by atoms with van der Waals surface area (Å²) in [7, 11) is 0. The number of rotatable bonds is 4. The molecule has 1 aliphatic carbocycles. The number of hydrogen-bond donors (Lipinski definition) is 2. The third-order valence-corrected chi connectivity index (χ3v) is 5.39. The maximum atomic E-state index is 12.9. The van der Waals surface area contributed by atoms with Crippen LogP contribution in [0, 0.1) is 17.1 Å². The number of carboxylic acid groups (broad SMARTS) is 1. The second kappa shape index (κ2) is 7.03.